The van der Waals surface area contributed by atoms with Crippen molar-refractivity contribution < 1.29 is 38.4 Å². The Morgan fingerprint density at radius 3 is 2.25 bits per heavy atom. The average molecular weight is 931 g/mol. The maximum absolute atomic E-state index is 15.1. The van der Waals surface area contributed by atoms with E-state index in [0.29, 0.717) is 43.8 Å². The fourth-order valence-electron chi connectivity index (χ4n) is 11.1. The molecule has 68 heavy (non-hydrogen) atoms. The maximum atomic E-state index is 15.1. The molecule has 1 aliphatic heterocycles. The fourth-order valence-corrected chi connectivity index (χ4v) is 11.1. The van der Waals surface area contributed by atoms with Crippen LogP contribution in [0.3, 0.4) is 0 Å². The molecule has 2 aliphatic carbocycles. The Kier molecular flexibility index (Phi) is 19.1. The summed E-state index contributed by atoms with van der Waals surface area (Å²) in [4.78, 5) is 23.0. The van der Waals surface area contributed by atoms with Crippen LogP contribution in [0.5, 0.6) is 17.2 Å². The van der Waals surface area contributed by atoms with Crippen molar-refractivity contribution in [2.24, 2.45) is 22.9 Å². The number of aliphatic hydroxyl groups is 2. The van der Waals surface area contributed by atoms with Gasteiger partial charge in [-0.15, -0.1) is 6.58 Å². The van der Waals surface area contributed by atoms with Crippen LogP contribution >= 0.6 is 0 Å². The van der Waals surface area contributed by atoms with Crippen molar-refractivity contribution in [2.45, 2.75) is 147 Å². The number of nitrogens with zero attached hydrogens (tertiary/aromatic N) is 2. The number of allylic oxidation sites excluding steroid dienone is 1. The number of hydrogen-bond acceptors (Lipinski definition) is 8. The average Bonchev–Trinajstić information content (AvgIpc) is 3.35. The first-order valence-corrected chi connectivity index (χ1v) is 25.7. The lowest BCUT2D eigenvalue weighted by Crippen LogP contribution is -2.70. The van der Waals surface area contributed by atoms with Gasteiger partial charge >= 0.3 is 0 Å². The molecule has 1 saturated carbocycles. The molecule has 0 bridgehead atoms. The number of amides is 1. The summed E-state index contributed by atoms with van der Waals surface area (Å²) in [6.07, 6.45) is 19.6. The quantitative estimate of drug-likeness (QED) is 0.0332. The van der Waals surface area contributed by atoms with Gasteiger partial charge in [-0.05, 0) is 115 Å². The van der Waals surface area contributed by atoms with Crippen LogP contribution in [0.1, 0.15) is 140 Å². The van der Waals surface area contributed by atoms with Gasteiger partial charge in [-0.25, -0.2) is 4.39 Å². The number of carbonyl (C=O) groups is 1. The zero-order valence-electron chi connectivity index (χ0n) is 40.6. The highest BCUT2D eigenvalue weighted by Gasteiger charge is 2.65. The van der Waals surface area contributed by atoms with Crippen molar-refractivity contribution in [2.75, 3.05) is 26.4 Å². The largest absolute Gasteiger partial charge is 0.459 e. The van der Waals surface area contributed by atoms with Gasteiger partial charge in [-0.3, -0.25) is 4.79 Å². The van der Waals surface area contributed by atoms with E-state index in [1.54, 1.807) is 18.2 Å². The molecule has 9 nitrogen and oxygen atoms in total. The van der Waals surface area contributed by atoms with Crippen molar-refractivity contribution in [3.05, 3.63) is 126 Å². The standard InChI is InChI=1S/C58H75FN2O7/c1-4-7-8-9-10-11-12-13-14-25-55(64)61(41-42-26-29-46(59)30-27-42)54-40-52(60-66-6-3)50-38-45(23-17-19-34-62)49(24-18-20-35-63)56-51-39-48(67-47-31-28-43-21-15-16-22-44(43)37-47)32-33-53(51)68-58(54,57(50)56)65-36-5-2/h5,15-16,21-22,26-33,37-39,45,49,54,56-57,62-63H,2,4,6-14,17-20,23-25,34-36,40-41H2,1,3H3. The van der Waals surface area contributed by atoms with Crippen LogP contribution in [0.15, 0.2) is 114 Å². The lowest BCUT2D eigenvalue weighted by molar-refractivity contribution is -0.258. The lowest BCUT2D eigenvalue weighted by atomic mass is 9.55. The van der Waals surface area contributed by atoms with E-state index in [4.69, 9.17) is 24.2 Å². The molecule has 6 unspecified atom stereocenters. The summed E-state index contributed by atoms with van der Waals surface area (Å²) < 4.78 is 35.8. The minimum atomic E-state index is -1.40. The first-order valence-electron chi connectivity index (χ1n) is 25.7. The molecule has 366 valence electrons. The Hall–Kier alpha value is -5.03. The number of ether oxygens (including phenoxy) is 3. The molecule has 1 amide bonds. The molecule has 4 aromatic carbocycles. The van der Waals surface area contributed by atoms with E-state index >= 15 is 4.79 Å². The molecule has 7 rings (SSSR count). The van der Waals surface area contributed by atoms with Crippen LogP contribution in [-0.4, -0.2) is 65.0 Å². The normalized spacial score (nSPS) is 22.2. The summed E-state index contributed by atoms with van der Waals surface area (Å²) in [6.45, 7) is 9.20. The number of unbranched alkanes of at least 4 members (excludes halogenated alkanes) is 10. The number of fused-ring (bicyclic) bond motifs is 3. The Morgan fingerprint density at radius 2 is 1.53 bits per heavy atom. The molecular weight excluding hydrogens is 856 g/mol. The Labute approximate surface area is 404 Å². The summed E-state index contributed by atoms with van der Waals surface area (Å²) >= 11 is 0. The zero-order valence-corrected chi connectivity index (χ0v) is 40.6. The van der Waals surface area contributed by atoms with E-state index in [2.05, 4.69) is 49.9 Å². The number of oxime groups is 1. The number of rotatable bonds is 28. The Balaban J connectivity index is 1.35. The van der Waals surface area contributed by atoms with Gasteiger partial charge in [0.25, 0.3) is 0 Å². The van der Waals surface area contributed by atoms with Gasteiger partial charge in [-0.1, -0.05) is 131 Å². The van der Waals surface area contributed by atoms with Gasteiger partial charge in [0.2, 0.25) is 11.7 Å². The van der Waals surface area contributed by atoms with E-state index in [9.17, 15) is 14.6 Å². The molecule has 10 heteroatoms. The summed E-state index contributed by atoms with van der Waals surface area (Å²) in [6, 6.07) is 26.1. The van der Waals surface area contributed by atoms with Gasteiger partial charge in [0, 0.05) is 44.1 Å². The highest BCUT2D eigenvalue weighted by molar-refractivity contribution is 6.03. The molecule has 3 aliphatic rings. The van der Waals surface area contributed by atoms with Gasteiger partial charge in [0.05, 0.1) is 18.2 Å². The van der Waals surface area contributed by atoms with Crippen LogP contribution in [0, 0.1) is 23.6 Å². The second kappa shape index (κ2) is 25.5. The molecule has 0 radical (unpaired) electrons. The third kappa shape index (κ3) is 12.4. The monoisotopic (exact) mass is 931 g/mol. The second-order valence-electron chi connectivity index (χ2n) is 19.0. The number of carbonyl (C=O) groups excluding carboxylic acids is 1. The van der Waals surface area contributed by atoms with Gasteiger partial charge in [0.15, 0.2) is 0 Å². The van der Waals surface area contributed by atoms with E-state index in [0.717, 1.165) is 90.3 Å². The van der Waals surface area contributed by atoms with E-state index in [1.165, 1.54) is 44.2 Å². The first-order chi connectivity index (χ1) is 33.3. The number of halogens is 1. The third-order valence-corrected chi connectivity index (χ3v) is 14.4. The van der Waals surface area contributed by atoms with Crippen molar-refractivity contribution in [3.63, 3.8) is 0 Å². The molecule has 1 heterocycles. The van der Waals surface area contributed by atoms with Crippen LogP contribution in [0.2, 0.25) is 0 Å². The number of aliphatic hydroxyl groups excluding tert-OH is 2. The summed E-state index contributed by atoms with van der Waals surface area (Å²) in [5.74, 6) is -0.192. The van der Waals surface area contributed by atoms with E-state index in [-0.39, 0.29) is 55.8 Å². The smallest absolute Gasteiger partial charge is 0.239 e. The van der Waals surface area contributed by atoms with E-state index in [1.807, 2.05) is 42.2 Å². The van der Waals surface area contributed by atoms with Gasteiger partial charge in [0.1, 0.15) is 35.7 Å². The van der Waals surface area contributed by atoms with Crippen LogP contribution in [0.4, 0.5) is 4.39 Å². The Bertz CT molecular complexity index is 2300. The van der Waals surface area contributed by atoms with Gasteiger partial charge in [-0.2, -0.15) is 0 Å². The maximum Gasteiger partial charge on any atom is 0.239 e. The first kappa shape index (κ1) is 50.8. The fraction of sp³-hybridized carbons (Fsp3) is 0.517. The molecule has 2 N–H and O–H groups in total. The second-order valence-corrected chi connectivity index (χ2v) is 19.0. The van der Waals surface area contributed by atoms with Crippen molar-refractivity contribution in [3.8, 4) is 17.2 Å². The summed E-state index contributed by atoms with van der Waals surface area (Å²) in [5, 5.41) is 27.1. The molecule has 0 spiro atoms. The van der Waals surface area contributed by atoms with Crippen molar-refractivity contribution >= 4 is 22.4 Å². The lowest BCUT2D eigenvalue weighted by Gasteiger charge is -2.60. The topological polar surface area (TPSA) is 110 Å². The SMILES string of the molecule is C=CCOC12Oc3ccc(Oc4ccc5ccccc5c4)cc3C3C(CCCCO)C(CCCCO)C=C(C(=NOCC)CC1N(Cc1ccc(F)cc1)C(=O)CCCCCCCCCCC)C32. The molecule has 6 atom stereocenters. The molecular formula is C58H75FN2O7. The van der Waals surface area contributed by atoms with Crippen LogP contribution < -0.4 is 9.47 Å². The van der Waals surface area contributed by atoms with Crippen LogP contribution in [-0.2, 0) is 20.9 Å². The van der Waals surface area contributed by atoms with Gasteiger partial charge < -0.3 is 34.2 Å². The molecule has 0 aromatic heterocycles. The highest BCUT2D eigenvalue weighted by atomic mass is 19.1. The van der Waals surface area contributed by atoms with E-state index < -0.39 is 17.7 Å². The van der Waals surface area contributed by atoms with Crippen molar-refractivity contribution in [1.82, 2.24) is 4.90 Å². The minimum absolute atomic E-state index is 0.0192. The molecule has 1 fully saturated rings. The molecule has 0 saturated heterocycles. The van der Waals surface area contributed by atoms with Crippen molar-refractivity contribution in [1.29, 1.82) is 0 Å². The predicted octanol–water partition coefficient (Wildman–Crippen LogP) is 13.4. The zero-order chi connectivity index (χ0) is 47.7. The predicted molar refractivity (Wildman–Crippen MR) is 269 cm³/mol. The Morgan fingerprint density at radius 1 is 0.838 bits per heavy atom. The third-order valence-electron chi connectivity index (χ3n) is 14.4. The summed E-state index contributed by atoms with van der Waals surface area (Å²) in [5.41, 5.74) is 3.52. The summed E-state index contributed by atoms with van der Waals surface area (Å²) in [7, 11) is 0. The number of benzene rings is 4. The van der Waals surface area contributed by atoms with Crippen LogP contribution in [0.25, 0.3) is 10.8 Å². The molecule has 4 aromatic rings. The minimum Gasteiger partial charge on any atom is -0.459 e. The highest BCUT2D eigenvalue weighted by Crippen LogP contribution is 2.62. The number of hydrogen-bond donors (Lipinski definition) is 2.